The van der Waals surface area contributed by atoms with Crippen LogP contribution < -0.4 is 10.9 Å². The molecule has 1 atom stereocenters. The van der Waals surface area contributed by atoms with Crippen molar-refractivity contribution in [3.8, 4) is 0 Å². The van der Waals surface area contributed by atoms with Crippen molar-refractivity contribution in [2.24, 2.45) is 0 Å². The van der Waals surface area contributed by atoms with Gasteiger partial charge in [0, 0.05) is 6.42 Å². The van der Waals surface area contributed by atoms with Crippen molar-refractivity contribution in [1.29, 1.82) is 0 Å². The van der Waals surface area contributed by atoms with E-state index in [1.165, 1.54) is 0 Å². The summed E-state index contributed by atoms with van der Waals surface area (Å²) in [5.41, 5.74) is -0.526. The van der Waals surface area contributed by atoms with Gasteiger partial charge in [-0.3, -0.25) is 4.79 Å². The van der Waals surface area contributed by atoms with Crippen molar-refractivity contribution in [3.63, 3.8) is 0 Å². The Morgan fingerprint density at radius 3 is 2.82 bits per heavy atom. The highest BCUT2D eigenvalue weighted by atomic mass is 16.6. The zero-order valence-corrected chi connectivity index (χ0v) is 10.1. The molecular formula is C11H16N2O4. The lowest BCUT2D eigenvalue weighted by atomic mass is 10.0. The molecule has 1 aliphatic heterocycles. The van der Waals surface area contributed by atoms with E-state index in [-0.39, 0.29) is 11.5 Å². The molecule has 0 radical (unpaired) electrons. The maximum absolute atomic E-state index is 11.8. The molecule has 0 aromatic carbocycles. The van der Waals surface area contributed by atoms with Crippen molar-refractivity contribution in [2.75, 3.05) is 5.32 Å². The molecule has 17 heavy (non-hydrogen) atoms. The number of hydrogen-bond acceptors (Lipinski definition) is 5. The lowest BCUT2D eigenvalue weighted by molar-refractivity contribution is -0.156. The zero-order valence-electron chi connectivity index (χ0n) is 10.1. The summed E-state index contributed by atoms with van der Waals surface area (Å²) in [6, 6.07) is -0.486. The number of ether oxygens (including phenoxy) is 1. The largest absolute Gasteiger partial charge is 0.458 e. The number of aromatic amines is 1. The van der Waals surface area contributed by atoms with Gasteiger partial charge in [0.05, 0.1) is 0 Å². The lowest BCUT2D eigenvalue weighted by Gasteiger charge is -2.26. The molecule has 1 aliphatic rings. The van der Waals surface area contributed by atoms with Crippen LogP contribution in [-0.2, 0) is 16.0 Å². The van der Waals surface area contributed by atoms with Gasteiger partial charge in [-0.25, -0.2) is 4.79 Å². The Bertz CT molecular complexity index is 480. The molecule has 2 N–H and O–H groups in total. The summed E-state index contributed by atoms with van der Waals surface area (Å²) < 4.78 is 10.2. The molecule has 2 rings (SSSR count). The second-order valence-electron chi connectivity index (χ2n) is 5.10. The number of rotatable bonds is 1. The Morgan fingerprint density at radius 1 is 1.47 bits per heavy atom. The highest BCUT2D eigenvalue weighted by Gasteiger charge is 2.31. The first-order valence-corrected chi connectivity index (χ1v) is 5.56. The Hall–Kier alpha value is -1.72. The number of fused-ring (bicyclic) bond motifs is 1. The Kier molecular flexibility index (Phi) is 2.73. The minimum Gasteiger partial charge on any atom is -0.458 e. The predicted octanol–water partition coefficient (Wildman–Crippen LogP) is 1.04. The van der Waals surface area contributed by atoms with Crippen LogP contribution in [0.4, 0.5) is 5.69 Å². The molecule has 0 bridgehead atoms. The summed E-state index contributed by atoms with van der Waals surface area (Å²) >= 11 is 0. The average Bonchev–Trinajstić information content (AvgIpc) is 2.57. The summed E-state index contributed by atoms with van der Waals surface area (Å²) in [6.07, 6.45) is 1.10. The van der Waals surface area contributed by atoms with E-state index >= 15 is 0 Å². The summed E-state index contributed by atoms with van der Waals surface area (Å²) in [5.74, 6) is 0.221. The van der Waals surface area contributed by atoms with E-state index in [9.17, 15) is 9.59 Å². The lowest BCUT2D eigenvalue weighted by Crippen LogP contribution is -2.39. The molecule has 0 amide bonds. The molecule has 0 aliphatic carbocycles. The molecule has 6 nitrogen and oxygen atoms in total. The van der Waals surface area contributed by atoms with Crippen molar-refractivity contribution < 1.29 is 14.1 Å². The molecule has 1 unspecified atom stereocenters. The van der Waals surface area contributed by atoms with Crippen LogP contribution in [0.1, 0.15) is 33.0 Å². The third-order valence-corrected chi connectivity index (χ3v) is 2.44. The minimum absolute atomic E-state index is 0.340. The van der Waals surface area contributed by atoms with Gasteiger partial charge in [0.25, 0.3) is 0 Å². The van der Waals surface area contributed by atoms with Crippen LogP contribution in [0.5, 0.6) is 0 Å². The number of anilines is 1. The fourth-order valence-corrected chi connectivity index (χ4v) is 1.73. The monoisotopic (exact) mass is 240 g/mol. The standard InChI is InChI=1S/C11H16N2O4/c1-11(2,3)16-10(15)6-4-5-7-8(12-6)9(14)13-17-7/h6,12H,4-5H2,1-3H3,(H,13,14). The molecule has 6 heteroatoms. The third-order valence-electron chi connectivity index (χ3n) is 2.44. The normalized spacial score (nSPS) is 19.4. The summed E-state index contributed by atoms with van der Waals surface area (Å²) in [7, 11) is 0. The van der Waals surface area contributed by atoms with E-state index in [1.54, 1.807) is 0 Å². The van der Waals surface area contributed by atoms with Gasteiger partial charge in [0.2, 0.25) is 0 Å². The van der Waals surface area contributed by atoms with E-state index in [1.807, 2.05) is 20.8 Å². The van der Waals surface area contributed by atoms with Crippen molar-refractivity contribution in [1.82, 2.24) is 5.16 Å². The van der Waals surface area contributed by atoms with Gasteiger partial charge in [-0.15, -0.1) is 0 Å². The molecule has 2 heterocycles. The number of nitrogens with one attached hydrogen (secondary N) is 2. The first kappa shape index (κ1) is 11.8. The van der Waals surface area contributed by atoms with Crippen LogP contribution in [0.3, 0.4) is 0 Å². The molecule has 1 aromatic rings. The van der Waals surface area contributed by atoms with Crippen molar-refractivity contribution in [3.05, 3.63) is 16.1 Å². The molecule has 0 saturated carbocycles. The second-order valence-corrected chi connectivity index (χ2v) is 5.10. The van der Waals surface area contributed by atoms with Crippen LogP contribution in [-0.4, -0.2) is 22.8 Å². The second kappa shape index (κ2) is 3.94. The topological polar surface area (TPSA) is 84.3 Å². The van der Waals surface area contributed by atoms with Gasteiger partial charge >= 0.3 is 11.5 Å². The van der Waals surface area contributed by atoms with Crippen molar-refractivity contribution >= 4 is 11.7 Å². The quantitative estimate of drug-likeness (QED) is 0.716. The molecule has 94 valence electrons. The number of hydrogen-bond donors (Lipinski definition) is 2. The molecule has 0 fully saturated rings. The van der Waals surface area contributed by atoms with E-state index in [2.05, 4.69) is 10.5 Å². The fraction of sp³-hybridized carbons (Fsp3) is 0.636. The third kappa shape index (κ3) is 2.51. The Morgan fingerprint density at radius 2 is 2.18 bits per heavy atom. The van der Waals surface area contributed by atoms with Crippen molar-refractivity contribution in [2.45, 2.75) is 45.3 Å². The average molecular weight is 240 g/mol. The Balaban J connectivity index is 2.10. The highest BCUT2D eigenvalue weighted by Crippen LogP contribution is 2.22. The maximum Gasteiger partial charge on any atom is 0.329 e. The van der Waals surface area contributed by atoms with Crippen LogP contribution in [0.25, 0.3) is 0 Å². The van der Waals surface area contributed by atoms with Crippen LogP contribution in [0, 0.1) is 0 Å². The Labute approximate surface area is 98.3 Å². The first-order chi connectivity index (χ1) is 7.87. The van der Waals surface area contributed by atoms with E-state index in [0.29, 0.717) is 24.3 Å². The number of carbonyl (C=O) groups excluding carboxylic acids is 1. The summed E-state index contributed by atoms with van der Waals surface area (Å²) in [6.45, 7) is 5.43. The SMILES string of the molecule is CC(C)(C)OC(=O)C1CCc2o[nH]c(=O)c2N1. The minimum atomic E-state index is -0.526. The van der Waals surface area contributed by atoms with Gasteiger partial charge < -0.3 is 14.6 Å². The number of H-pyrrole nitrogens is 1. The van der Waals surface area contributed by atoms with E-state index in [0.717, 1.165) is 0 Å². The van der Waals surface area contributed by atoms with Crippen LogP contribution >= 0.6 is 0 Å². The van der Waals surface area contributed by atoms with Gasteiger partial charge in [-0.05, 0) is 27.2 Å². The molecular weight excluding hydrogens is 224 g/mol. The fourth-order valence-electron chi connectivity index (χ4n) is 1.73. The number of esters is 1. The highest BCUT2D eigenvalue weighted by molar-refractivity contribution is 5.80. The summed E-state index contributed by atoms with van der Waals surface area (Å²) in [5, 5.41) is 5.10. The van der Waals surface area contributed by atoms with Gasteiger partial charge in [0.15, 0.2) is 5.76 Å². The number of carbonyl (C=O) groups is 1. The van der Waals surface area contributed by atoms with E-state index < -0.39 is 11.6 Å². The van der Waals surface area contributed by atoms with Gasteiger partial charge in [-0.2, -0.15) is 5.16 Å². The first-order valence-electron chi connectivity index (χ1n) is 5.56. The van der Waals surface area contributed by atoms with Crippen LogP contribution in [0.2, 0.25) is 0 Å². The zero-order chi connectivity index (χ0) is 12.6. The smallest absolute Gasteiger partial charge is 0.329 e. The molecule has 0 saturated heterocycles. The van der Waals surface area contributed by atoms with Crippen LogP contribution in [0.15, 0.2) is 9.32 Å². The van der Waals surface area contributed by atoms with Gasteiger partial charge in [0.1, 0.15) is 17.3 Å². The van der Waals surface area contributed by atoms with Gasteiger partial charge in [-0.1, -0.05) is 0 Å². The molecule has 1 aromatic heterocycles. The maximum atomic E-state index is 11.8. The predicted molar refractivity (Wildman–Crippen MR) is 60.9 cm³/mol. The molecule has 0 spiro atoms. The summed E-state index contributed by atoms with van der Waals surface area (Å²) in [4.78, 5) is 23.2. The number of aromatic nitrogens is 1. The number of aryl methyl sites for hydroxylation is 1. The van der Waals surface area contributed by atoms with E-state index in [4.69, 9.17) is 9.26 Å².